The maximum atomic E-state index is 12.2. The van der Waals surface area contributed by atoms with Crippen LogP contribution in [0.25, 0.3) is 0 Å². The highest BCUT2D eigenvalue weighted by atomic mass is 35.5. The summed E-state index contributed by atoms with van der Waals surface area (Å²) in [6.07, 6.45) is 1.41. The van der Waals surface area contributed by atoms with Crippen molar-refractivity contribution in [3.63, 3.8) is 0 Å². The Bertz CT molecular complexity index is 525. The van der Waals surface area contributed by atoms with Gasteiger partial charge >= 0.3 is 0 Å². The van der Waals surface area contributed by atoms with Crippen LogP contribution in [0.3, 0.4) is 0 Å². The van der Waals surface area contributed by atoms with Gasteiger partial charge in [-0.15, -0.1) is 22.6 Å². The zero-order valence-electron chi connectivity index (χ0n) is 12.3. The highest BCUT2D eigenvalue weighted by Gasteiger charge is 2.28. The molecule has 1 aromatic rings. The second-order valence-electron chi connectivity index (χ2n) is 5.21. The van der Waals surface area contributed by atoms with E-state index in [0.717, 1.165) is 6.42 Å². The fourth-order valence-electron chi connectivity index (χ4n) is 2.34. The average Bonchev–Trinajstić information content (AvgIpc) is 2.73. The number of halogens is 1. The molecule has 5 N–H and O–H groups in total. The van der Waals surface area contributed by atoms with Crippen LogP contribution >= 0.6 is 23.7 Å². The van der Waals surface area contributed by atoms with E-state index in [2.05, 4.69) is 15.5 Å². The number of nitrogen functional groups attached to an aromatic ring is 1. The molecule has 2 heterocycles. The van der Waals surface area contributed by atoms with Crippen LogP contribution in [-0.2, 0) is 16.1 Å². The number of anilines is 1. The lowest BCUT2D eigenvalue weighted by Crippen LogP contribution is -2.42. The van der Waals surface area contributed by atoms with Crippen molar-refractivity contribution < 1.29 is 9.59 Å². The van der Waals surface area contributed by atoms with Crippen molar-refractivity contribution >= 4 is 40.7 Å². The second kappa shape index (κ2) is 8.25. The molecule has 0 unspecified atom stereocenters. The summed E-state index contributed by atoms with van der Waals surface area (Å²) in [5.41, 5.74) is 11.4. The van der Waals surface area contributed by atoms with Crippen molar-refractivity contribution in [3.05, 3.63) is 5.01 Å². The van der Waals surface area contributed by atoms with Gasteiger partial charge in [-0.25, -0.2) is 0 Å². The molecule has 0 aromatic carbocycles. The first-order valence-electron chi connectivity index (χ1n) is 6.82. The van der Waals surface area contributed by atoms with Gasteiger partial charge in [0.25, 0.3) is 0 Å². The van der Waals surface area contributed by atoms with Gasteiger partial charge in [0, 0.05) is 26.1 Å². The normalized spacial score (nSPS) is 21.6. The molecule has 1 fully saturated rings. The lowest BCUT2D eigenvalue weighted by molar-refractivity contribution is -0.131. The molecule has 0 radical (unpaired) electrons. The first kappa shape index (κ1) is 18.6. The van der Waals surface area contributed by atoms with Crippen LogP contribution in [0.5, 0.6) is 0 Å². The zero-order valence-corrected chi connectivity index (χ0v) is 14.0. The molecule has 0 saturated carbocycles. The lowest BCUT2D eigenvalue weighted by atomic mass is 10.0. The second-order valence-corrected chi connectivity index (χ2v) is 6.30. The standard InChI is InChI=1S/C12H20N6O2S.ClH/c1-7(19)18-5-8(2-3-9(13)6-18)11(20)15-4-10-16-17-12(14)21-10;/h8-9H,2-6,13H2,1H3,(H2,14,17)(H,15,20);1H/t8-,9+;/m1./s1. The van der Waals surface area contributed by atoms with E-state index in [-0.39, 0.29) is 36.2 Å². The number of rotatable bonds is 3. The van der Waals surface area contributed by atoms with Crippen LogP contribution in [0.1, 0.15) is 24.8 Å². The monoisotopic (exact) mass is 348 g/mol. The Labute approximate surface area is 139 Å². The Morgan fingerprint density at radius 3 is 2.68 bits per heavy atom. The number of aromatic nitrogens is 2. The molecule has 2 amide bonds. The van der Waals surface area contributed by atoms with Crippen LogP contribution < -0.4 is 16.8 Å². The van der Waals surface area contributed by atoms with Gasteiger partial charge in [0.05, 0.1) is 12.5 Å². The minimum atomic E-state index is -0.243. The number of carbonyl (C=O) groups is 2. The molecule has 0 aliphatic carbocycles. The topological polar surface area (TPSA) is 127 Å². The number of nitrogens with zero attached hydrogens (tertiary/aromatic N) is 3. The van der Waals surface area contributed by atoms with E-state index in [1.807, 2.05) is 0 Å². The predicted octanol–water partition coefficient (Wildman–Crippen LogP) is -0.256. The fraction of sp³-hybridized carbons (Fsp3) is 0.667. The number of amides is 2. The molecule has 8 nitrogen and oxygen atoms in total. The minimum Gasteiger partial charge on any atom is -0.374 e. The van der Waals surface area contributed by atoms with Crippen molar-refractivity contribution in [1.29, 1.82) is 0 Å². The largest absolute Gasteiger partial charge is 0.374 e. The number of carbonyl (C=O) groups excluding carboxylic acids is 2. The van der Waals surface area contributed by atoms with Gasteiger partial charge in [-0.2, -0.15) is 0 Å². The first-order valence-corrected chi connectivity index (χ1v) is 7.64. The maximum absolute atomic E-state index is 12.2. The molecule has 2 rings (SSSR count). The average molecular weight is 349 g/mol. The third-order valence-electron chi connectivity index (χ3n) is 3.49. The first-order chi connectivity index (χ1) is 9.95. The molecule has 0 bridgehead atoms. The Balaban J connectivity index is 0.00000242. The molecular weight excluding hydrogens is 328 g/mol. The Kier molecular flexibility index (Phi) is 6.98. The summed E-state index contributed by atoms with van der Waals surface area (Å²) >= 11 is 1.24. The SMILES string of the molecule is CC(=O)N1C[C@@H](N)CC[C@@H](C(=O)NCc2nnc(N)s2)C1.Cl. The lowest BCUT2D eigenvalue weighted by Gasteiger charge is -2.23. The van der Waals surface area contributed by atoms with E-state index in [1.165, 1.54) is 18.3 Å². The zero-order chi connectivity index (χ0) is 15.4. The van der Waals surface area contributed by atoms with Gasteiger partial charge in [0.2, 0.25) is 16.9 Å². The van der Waals surface area contributed by atoms with Gasteiger partial charge < -0.3 is 21.7 Å². The van der Waals surface area contributed by atoms with E-state index in [0.29, 0.717) is 36.2 Å². The van der Waals surface area contributed by atoms with Gasteiger partial charge in [0.15, 0.2) is 0 Å². The molecule has 1 saturated heterocycles. The molecule has 124 valence electrons. The van der Waals surface area contributed by atoms with Crippen LogP contribution in [0.15, 0.2) is 0 Å². The van der Waals surface area contributed by atoms with Crippen molar-refractivity contribution in [2.45, 2.75) is 32.4 Å². The highest BCUT2D eigenvalue weighted by Crippen LogP contribution is 2.17. The third kappa shape index (κ3) is 5.08. The van der Waals surface area contributed by atoms with E-state index in [1.54, 1.807) is 4.90 Å². The number of likely N-dealkylation sites (tertiary alicyclic amines) is 1. The fourth-order valence-corrected chi connectivity index (χ4v) is 2.89. The Morgan fingerprint density at radius 2 is 2.09 bits per heavy atom. The number of hydrogen-bond acceptors (Lipinski definition) is 7. The molecule has 10 heteroatoms. The molecular formula is C12H21ClN6O2S. The maximum Gasteiger partial charge on any atom is 0.225 e. The summed E-state index contributed by atoms with van der Waals surface area (Å²) < 4.78 is 0. The Morgan fingerprint density at radius 1 is 1.36 bits per heavy atom. The summed E-state index contributed by atoms with van der Waals surface area (Å²) in [5.74, 6) is -0.390. The van der Waals surface area contributed by atoms with Crippen molar-refractivity contribution in [2.24, 2.45) is 11.7 Å². The molecule has 22 heavy (non-hydrogen) atoms. The summed E-state index contributed by atoms with van der Waals surface area (Å²) in [6.45, 7) is 2.71. The minimum absolute atomic E-state index is 0. The quantitative estimate of drug-likeness (QED) is 0.690. The van der Waals surface area contributed by atoms with Gasteiger partial charge in [0.1, 0.15) is 5.01 Å². The molecule has 1 aromatic heterocycles. The Hall–Kier alpha value is -1.45. The van der Waals surface area contributed by atoms with Crippen molar-refractivity contribution in [1.82, 2.24) is 20.4 Å². The number of nitrogens with one attached hydrogen (secondary N) is 1. The van der Waals surface area contributed by atoms with E-state index in [9.17, 15) is 9.59 Å². The highest BCUT2D eigenvalue weighted by molar-refractivity contribution is 7.15. The van der Waals surface area contributed by atoms with Crippen LogP contribution in [-0.4, -0.2) is 46.0 Å². The van der Waals surface area contributed by atoms with Gasteiger partial charge in [-0.3, -0.25) is 9.59 Å². The molecule has 1 aliphatic heterocycles. The summed E-state index contributed by atoms with van der Waals surface area (Å²) in [4.78, 5) is 25.4. The molecule has 2 atom stereocenters. The van der Waals surface area contributed by atoms with Gasteiger partial charge in [-0.1, -0.05) is 11.3 Å². The molecule has 0 spiro atoms. The van der Waals surface area contributed by atoms with Crippen molar-refractivity contribution in [3.8, 4) is 0 Å². The van der Waals surface area contributed by atoms with Crippen molar-refractivity contribution in [2.75, 3.05) is 18.8 Å². The van der Waals surface area contributed by atoms with E-state index < -0.39 is 0 Å². The predicted molar refractivity (Wildman–Crippen MR) is 86.4 cm³/mol. The summed E-state index contributed by atoms with van der Waals surface area (Å²) in [6, 6.07) is -0.0744. The van der Waals surface area contributed by atoms with Gasteiger partial charge in [-0.05, 0) is 12.8 Å². The van der Waals surface area contributed by atoms with E-state index in [4.69, 9.17) is 11.5 Å². The summed E-state index contributed by atoms with van der Waals surface area (Å²) in [7, 11) is 0. The third-order valence-corrected chi connectivity index (χ3v) is 4.25. The summed E-state index contributed by atoms with van der Waals surface area (Å²) in [5, 5.41) is 11.4. The van der Waals surface area contributed by atoms with Crippen LogP contribution in [0.2, 0.25) is 0 Å². The van der Waals surface area contributed by atoms with Crippen LogP contribution in [0.4, 0.5) is 5.13 Å². The number of hydrogen-bond donors (Lipinski definition) is 3. The number of nitrogens with two attached hydrogens (primary N) is 2. The smallest absolute Gasteiger partial charge is 0.225 e. The van der Waals surface area contributed by atoms with E-state index >= 15 is 0 Å². The molecule has 1 aliphatic rings. The van der Waals surface area contributed by atoms with Crippen LogP contribution in [0, 0.1) is 5.92 Å².